The summed E-state index contributed by atoms with van der Waals surface area (Å²) in [5, 5.41) is 2.39. The molecule has 1 aliphatic heterocycles. The zero-order chi connectivity index (χ0) is 11.7. The van der Waals surface area contributed by atoms with Gasteiger partial charge in [-0.25, -0.2) is 8.78 Å². The Morgan fingerprint density at radius 1 is 1.38 bits per heavy atom. The molecule has 6 heteroatoms. The Bertz CT molecular complexity index is 514. The van der Waals surface area contributed by atoms with Gasteiger partial charge in [-0.3, -0.25) is 4.79 Å². The molecule has 2 rings (SSSR count). The van der Waals surface area contributed by atoms with Crippen molar-refractivity contribution >= 4 is 40.3 Å². The van der Waals surface area contributed by atoms with Crippen molar-refractivity contribution in [3.8, 4) is 0 Å². The topological polar surface area (TPSA) is 29.1 Å². The number of thioether (sulfide) groups is 1. The quantitative estimate of drug-likeness (QED) is 0.619. The first kappa shape index (κ1) is 11.2. The molecular weight excluding hydrogens is 252 g/mol. The summed E-state index contributed by atoms with van der Waals surface area (Å²) < 4.78 is 26.4. The highest BCUT2D eigenvalue weighted by molar-refractivity contribution is 8.26. The molecule has 1 amide bonds. The molecule has 82 valence electrons. The van der Waals surface area contributed by atoms with Gasteiger partial charge in [0.25, 0.3) is 5.91 Å². The molecule has 0 aliphatic carbocycles. The standard InChI is InChI=1S/C10H5F2NOS2/c11-6-1-2-7(12)5(3-6)4-8-9(14)13-10(15)16-8/h1-4H,(H,13,14,15)/b8-4-. The second kappa shape index (κ2) is 4.31. The third-order valence-electron chi connectivity index (χ3n) is 1.89. The van der Waals surface area contributed by atoms with Crippen LogP contribution in [0.2, 0.25) is 0 Å². The molecular formula is C10H5F2NOS2. The van der Waals surface area contributed by atoms with Crippen molar-refractivity contribution in [2.75, 3.05) is 0 Å². The Kier molecular flexibility index (Phi) is 3.02. The molecule has 0 bridgehead atoms. The van der Waals surface area contributed by atoms with Crippen LogP contribution >= 0.6 is 24.0 Å². The molecule has 2 nitrogen and oxygen atoms in total. The highest BCUT2D eigenvalue weighted by atomic mass is 32.2. The van der Waals surface area contributed by atoms with Gasteiger partial charge in [0.1, 0.15) is 16.0 Å². The van der Waals surface area contributed by atoms with Gasteiger partial charge in [-0.1, -0.05) is 24.0 Å². The van der Waals surface area contributed by atoms with Crippen LogP contribution in [0.15, 0.2) is 23.1 Å². The summed E-state index contributed by atoms with van der Waals surface area (Å²) in [4.78, 5) is 11.5. The highest BCUT2D eigenvalue weighted by Gasteiger charge is 2.22. The van der Waals surface area contributed by atoms with E-state index in [1.54, 1.807) is 0 Å². The molecule has 0 spiro atoms. The zero-order valence-electron chi connectivity index (χ0n) is 7.79. The lowest BCUT2D eigenvalue weighted by Gasteiger charge is -1.97. The highest BCUT2D eigenvalue weighted by Crippen LogP contribution is 2.26. The molecule has 0 radical (unpaired) electrons. The Balaban J connectivity index is 2.39. The van der Waals surface area contributed by atoms with Crippen LogP contribution in [0.25, 0.3) is 6.08 Å². The molecule has 1 aromatic rings. The molecule has 1 N–H and O–H groups in total. The Labute approximate surface area is 99.7 Å². The van der Waals surface area contributed by atoms with E-state index in [1.807, 2.05) is 0 Å². The molecule has 0 atom stereocenters. The minimum Gasteiger partial charge on any atom is -0.307 e. The lowest BCUT2D eigenvalue weighted by molar-refractivity contribution is -0.115. The fourth-order valence-corrected chi connectivity index (χ4v) is 2.22. The van der Waals surface area contributed by atoms with Crippen LogP contribution in [0.3, 0.4) is 0 Å². The van der Waals surface area contributed by atoms with Gasteiger partial charge in [-0.05, 0) is 24.3 Å². The first-order valence-corrected chi connectivity index (χ1v) is 5.48. The Hall–Kier alpha value is -1.27. The number of halogens is 2. The molecule has 0 saturated carbocycles. The summed E-state index contributed by atoms with van der Waals surface area (Å²) in [6.07, 6.45) is 1.28. The molecule has 16 heavy (non-hydrogen) atoms. The van der Waals surface area contributed by atoms with Crippen LogP contribution < -0.4 is 5.32 Å². The van der Waals surface area contributed by atoms with E-state index in [0.29, 0.717) is 4.32 Å². The average Bonchev–Trinajstić information content (AvgIpc) is 2.51. The number of carbonyl (C=O) groups excluding carboxylic acids is 1. The summed E-state index contributed by atoms with van der Waals surface area (Å²) in [6, 6.07) is 3.05. The van der Waals surface area contributed by atoms with Crippen LogP contribution in [0.1, 0.15) is 5.56 Å². The van der Waals surface area contributed by atoms with Crippen molar-refractivity contribution in [1.29, 1.82) is 0 Å². The van der Waals surface area contributed by atoms with Gasteiger partial charge in [0.2, 0.25) is 0 Å². The molecule has 1 heterocycles. The van der Waals surface area contributed by atoms with Crippen LogP contribution in [-0.4, -0.2) is 10.2 Å². The van der Waals surface area contributed by atoms with E-state index in [2.05, 4.69) is 5.32 Å². The number of thiocarbonyl (C=S) groups is 1. The van der Waals surface area contributed by atoms with E-state index < -0.39 is 17.5 Å². The molecule has 1 aromatic carbocycles. The largest absolute Gasteiger partial charge is 0.307 e. The van der Waals surface area contributed by atoms with Gasteiger partial charge in [0, 0.05) is 5.56 Å². The predicted molar refractivity (Wildman–Crippen MR) is 62.7 cm³/mol. The molecule has 0 unspecified atom stereocenters. The number of rotatable bonds is 1. The van der Waals surface area contributed by atoms with Crippen molar-refractivity contribution in [3.63, 3.8) is 0 Å². The van der Waals surface area contributed by atoms with Crippen LogP contribution in [0.5, 0.6) is 0 Å². The number of hydrogen-bond donors (Lipinski definition) is 1. The summed E-state index contributed by atoms with van der Waals surface area (Å²) in [5.74, 6) is -1.53. The Morgan fingerprint density at radius 2 is 2.12 bits per heavy atom. The van der Waals surface area contributed by atoms with Gasteiger partial charge in [-0.2, -0.15) is 0 Å². The maximum Gasteiger partial charge on any atom is 0.263 e. The number of carbonyl (C=O) groups is 1. The molecule has 0 aromatic heterocycles. The van der Waals surface area contributed by atoms with E-state index in [4.69, 9.17) is 12.2 Å². The zero-order valence-corrected chi connectivity index (χ0v) is 9.42. The third-order valence-corrected chi connectivity index (χ3v) is 3.05. The summed E-state index contributed by atoms with van der Waals surface area (Å²) in [7, 11) is 0. The van der Waals surface area contributed by atoms with Gasteiger partial charge >= 0.3 is 0 Å². The third kappa shape index (κ3) is 2.28. The van der Waals surface area contributed by atoms with Gasteiger partial charge < -0.3 is 5.32 Å². The van der Waals surface area contributed by atoms with E-state index in [0.717, 1.165) is 30.0 Å². The van der Waals surface area contributed by atoms with Crippen molar-refractivity contribution in [2.24, 2.45) is 0 Å². The average molecular weight is 257 g/mol. The normalized spacial score (nSPS) is 18.0. The number of nitrogens with one attached hydrogen (secondary N) is 1. The van der Waals surface area contributed by atoms with Crippen molar-refractivity contribution in [3.05, 3.63) is 40.3 Å². The summed E-state index contributed by atoms with van der Waals surface area (Å²) in [6.45, 7) is 0. The van der Waals surface area contributed by atoms with Crippen LogP contribution in [0.4, 0.5) is 8.78 Å². The SMILES string of the molecule is O=C1NC(=S)S/C1=C\c1cc(F)ccc1F. The monoisotopic (exact) mass is 257 g/mol. The fourth-order valence-electron chi connectivity index (χ4n) is 1.19. The van der Waals surface area contributed by atoms with Gasteiger partial charge in [-0.15, -0.1) is 0 Å². The smallest absolute Gasteiger partial charge is 0.263 e. The van der Waals surface area contributed by atoms with Crippen molar-refractivity contribution in [1.82, 2.24) is 5.32 Å². The first-order chi connectivity index (χ1) is 7.56. The van der Waals surface area contributed by atoms with Gasteiger partial charge in [0.15, 0.2) is 0 Å². The molecule has 1 saturated heterocycles. The van der Waals surface area contributed by atoms with Crippen molar-refractivity contribution < 1.29 is 13.6 Å². The van der Waals surface area contributed by atoms with E-state index in [9.17, 15) is 13.6 Å². The summed E-state index contributed by atoms with van der Waals surface area (Å²) in [5.41, 5.74) is 0.0300. The summed E-state index contributed by atoms with van der Waals surface area (Å²) >= 11 is 5.80. The number of benzene rings is 1. The predicted octanol–water partition coefficient (Wildman–Crippen LogP) is 2.45. The second-order valence-electron chi connectivity index (χ2n) is 3.02. The second-order valence-corrected chi connectivity index (χ2v) is 4.74. The maximum absolute atomic E-state index is 13.3. The lowest BCUT2D eigenvalue weighted by Crippen LogP contribution is -2.17. The molecule has 1 fully saturated rings. The van der Waals surface area contributed by atoms with Gasteiger partial charge in [0.05, 0.1) is 4.91 Å². The van der Waals surface area contributed by atoms with E-state index in [-0.39, 0.29) is 10.5 Å². The minimum atomic E-state index is -0.583. The fraction of sp³-hybridized carbons (Fsp3) is 0. The lowest BCUT2D eigenvalue weighted by atomic mass is 10.2. The maximum atomic E-state index is 13.3. The van der Waals surface area contributed by atoms with E-state index in [1.165, 1.54) is 6.08 Å². The molecule has 1 aliphatic rings. The van der Waals surface area contributed by atoms with Crippen LogP contribution in [-0.2, 0) is 4.79 Å². The van der Waals surface area contributed by atoms with Crippen LogP contribution in [0, 0.1) is 11.6 Å². The number of amides is 1. The first-order valence-electron chi connectivity index (χ1n) is 4.26. The number of hydrogen-bond acceptors (Lipinski definition) is 3. The Morgan fingerprint density at radius 3 is 2.75 bits per heavy atom. The minimum absolute atomic E-state index is 0.0300. The van der Waals surface area contributed by atoms with E-state index >= 15 is 0 Å². The van der Waals surface area contributed by atoms with Crippen molar-refractivity contribution in [2.45, 2.75) is 0 Å².